The molecule has 10 heteroatoms. The Morgan fingerprint density at radius 3 is 2.43 bits per heavy atom. The second kappa shape index (κ2) is 9.61. The van der Waals surface area contributed by atoms with Gasteiger partial charge in [-0.05, 0) is 81.2 Å². The predicted molar refractivity (Wildman–Crippen MR) is 153 cm³/mol. The summed E-state index contributed by atoms with van der Waals surface area (Å²) in [6.07, 6.45) is 9.36. The average molecular weight is 565 g/mol. The largest absolute Gasteiger partial charge is 0.385 e. The van der Waals surface area contributed by atoms with Gasteiger partial charge in [-0.3, -0.25) is 39.1 Å². The molecule has 1 unspecified atom stereocenters. The van der Waals surface area contributed by atoms with Gasteiger partial charge in [-0.1, -0.05) is 6.07 Å². The third-order valence-corrected chi connectivity index (χ3v) is 9.39. The molecule has 4 fully saturated rings. The highest BCUT2D eigenvalue weighted by atomic mass is 16.2. The summed E-state index contributed by atoms with van der Waals surface area (Å²) in [5.41, 5.74) is 5.98. The Balaban J connectivity index is 0.913. The van der Waals surface area contributed by atoms with Crippen molar-refractivity contribution in [3.8, 4) is 11.3 Å². The van der Waals surface area contributed by atoms with Gasteiger partial charge >= 0.3 is 0 Å². The fraction of sp³-hybridized carbons (Fsp3) is 0.438. The molecule has 1 atom stereocenters. The molecule has 5 aliphatic rings. The number of nitrogens with one attached hydrogen (secondary N) is 2. The van der Waals surface area contributed by atoms with E-state index in [4.69, 9.17) is 10.1 Å². The number of pyridine rings is 1. The Morgan fingerprint density at radius 1 is 0.881 bits per heavy atom. The molecule has 0 bridgehead atoms. The molecular weight excluding hydrogens is 532 g/mol. The van der Waals surface area contributed by atoms with Gasteiger partial charge in [0.2, 0.25) is 11.8 Å². The molecule has 3 aliphatic carbocycles. The van der Waals surface area contributed by atoms with Crippen molar-refractivity contribution < 1.29 is 19.2 Å². The van der Waals surface area contributed by atoms with Crippen molar-refractivity contribution in [3.05, 3.63) is 65.1 Å². The van der Waals surface area contributed by atoms with Crippen LogP contribution in [0.3, 0.4) is 0 Å². The Hall–Kier alpha value is -4.34. The van der Waals surface area contributed by atoms with Crippen molar-refractivity contribution in [2.45, 2.75) is 75.3 Å². The molecule has 8 rings (SSSR count). The van der Waals surface area contributed by atoms with E-state index in [1.807, 2.05) is 0 Å². The van der Waals surface area contributed by atoms with Crippen LogP contribution >= 0.6 is 0 Å². The quantitative estimate of drug-likeness (QED) is 0.394. The number of piperidine rings is 1. The molecule has 2 aromatic heterocycles. The lowest BCUT2D eigenvalue weighted by Crippen LogP contribution is -2.54. The van der Waals surface area contributed by atoms with Crippen LogP contribution in [0.1, 0.15) is 101 Å². The standard InChI is InChI=1S/C32H32N6O4/c39-28-11-10-27(30(40)35-28)38-31(41)22-9-8-20(14-23(22)32(38)42)33-15-17-12-21(13-17)37-16-24(29(36-37)19-6-7-19)26-3-1-2-25(34-26)18-4-5-18/h1-3,8-9,14,16-19,21,27,33H,4-7,10-13,15H2,(H,35,39,40)/t17-,21-,27?. The number of benzene rings is 1. The summed E-state index contributed by atoms with van der Waals surface area (Å²) in [7, 11) is 0. The molecule has 0 spiro atoms. The number of imide groups is 2. The minimum absolute atomic E-state index is 0.102. The summed E-state index contributed by atoms with van der Waals surface area (Å²) in [5, 5.41) is 10.7. The van der Waals surface area contributed by atoms with E-state index in [2.05, 4.69) is 39.7 Å². The van der Waals surface area contributed by atoms with Crippen molar-refractivity contribution >= 4 is 29.3 Å². The zero-order valence-corrected chi connectivity index (χ0v) is 23.2. The van der Waals surface area contributed by atoms with Crippen molar-refractivity contribution in [1.29, 1.82) is 0 Å². The molecule has 0 radical (unpaired) electrons. The molecule has 3 aromatic rings. The number of amides is 4. The topological polar surface area (TPSA) is 126 Å². The van der Waals surface area contributed by atoms with E-state index in [-0.39, 0.29) is 29.9 Å². The van der Waals surface area contributed by atoms with Crippen LogP contribution in [-0.2, 0) is 9.59 Å². The normalized spacial score (nSPS) is 25.3. The van der Waals surface area contributed by atoms with Crippen LogP contribution in [0.25, 0.3) is 11.3 Å². The molecule has 1 saturated heterocycles. The fourth-order valence-corrected chi connectivity index (χ4v) is 6.58. The van der Waals surface area contributed by atoms with Gasteiger partial charge in [-0.25, -0.2) is 0 Å². The van der Waals surface area contributed by atoms with Crippen molar-refractivity contribution in [2.24, 2.45) is 5.92 Å². The molecule has 2 N–H and O–H groups in total. The third-order valence-electron chi connectivity index (χ3n) is 9.39. The van der Waals surface area contributed by atoms with Gasteiger partial charge in [0.15, 0.2) is 0 Å². The van der Waals surface area contributed by atoms with Gasteiger partial charge in [0.25, 0.3) is 11.8 Å². The maximum atomic E-state index is 13.1. The lowest BCUT2D eigenvalue weighted by molar-refractivity contribution is -0.136. The molecule has 214 valence electrons. The van der Waals surface area contributed by atoms with Gasteiger partial charge < -0.3 is 5.32 Å². The van der Waals surface area contributed by atoms with E-state index >= 15 is 0 Å². The first-order valence-corrected chi connectivity index (χ1v) is 15.1. The first-order valence-electron chi connectivity index (χ1n) is 15.1. The Bertz CT molecular complexity index is 1650. The Kier molecular flexibility index (Phi) is 5.80. The van der Waals surface area contributed by atoms with Crippen LogP contribution in [-0.4, -0.2) is 55.9 Å². The number of carbonyl (C=O) groups is 4. The highest BCUT2D eigenvalue weighted by Crippen LogP contribution is 2.46. The smallest absolute Gasteiger partial charge is 0.262 e. The lowest BCUT2D eigenvalue weighted by atomic mass is 9.80. The number of aromatic nitrogens is 3. The first kappa shape index (κ1) is 25.4. The number of hydrogen-bond acceptors (Lipinski definition) is 7. The fourth-order valence-electron chi connectivity index (χ4n) is 6.58. The molecule has 10 nitrogen and oxygen atoms in total. The van der Waals surface area contributed by atoms with Gasteiger partial charge in [0, 0.05) is 47.9 Å². The van der Waals surface area contributed by atoms with Gasteiger partial charge in [0.05, 0.1) is 28.6 Å². The minimum Gasteiger partial charge on any atom is -0.385 e. The monoisotopic (exact) mass is 564 g/mol. The van der Waals surface area contributed by atoms with Crippen LogP contribution in [0.15, 0.2) is 42.6 Å². The second-order valence-corrected chi connectivity index (χ2v) is 12.5. The molecule has 2 aliphatic heterocycles. The zero-order valence-electron chi connectivity index (χ0n) is 23.2. The number of anilines is 1. The second-order valence-electron chi connectivity index (χ2n) is 12.5. The van der Waals surface area contributed by atoms with Gasteiger partial charge in [-0.15, -0.1) is 0 Å². The molecule has 1 aromatic carbocycles. The van der Waals surface area contributed by atoms with E-state index in [1.54, 1.807) is 18.2 Å². The summed E-state index contributed by atoms with van der Waals surface area (Å²) in [6.45, 7) is 0.753. The molecule has 4 heterocycles. The maximum absolute atomic E-state index is 13.1. The third kappa shape index (κ3) is 4.40. The number of rotatable bonds is 8. The van der Waals surface area contributed by atoms with E-state index in [0.29, 0.717) is 23.8 Å². The molecule has 4 amide bonds. The van der Waals surface area contributed by atoms with Crippen molar-refractivity contribution in [2.75, 3.05) is 11.9 Å². The summed E-state index contributed by atoms with van der Waals surface area (Å²) in [5.74, 6) is -0.330. The van der Waals surface area contributed by atoms with Gasteiger partial charge in [-0.2, -0.15) is 5.10 Å². The van der Waals surface area contributed by atoms with E-state index in [0.717, 1.165) is 35.7 Å². The van der Waals surface area contributed by atoms with Crippen LogP contribution < -0.4 is 10.6 Å². The first-order chi connectivity index (χ1) is 20.4. The maximum Gasteiger partial charge on any atom is 0.262 e. The highest BCUT2D eigenvalue weighted by molar-refractivity contribution is 6.23. The molecule has 3 saturated carbocycles. The summed E-state index contributed by atoms with van der Waals surface area (Å²) >= 11 is 0. The van der Waals surface area contributed by atoms with Gasteiger partial charge in [0.1, 0.15) is 6.04 Å². The SMILES string of the molecule is O=C1CCC(N2C(=O)c3ccc(NC[C@H]4C[C@H](n5cc(-c6cccc(C7CC7)n6)c(C6CC6)n5)C4)cc3C2=O)C(=O)N1. The predicted octanol–water partition coefficient (Wildman–Crippen LogP) is 4.16. The molecular formula is C32H32N6O4. The van der Waals surface area contributed by atoms with E-state index in [1.165, 1.54) is 42.6 Å². The summed E-state index contributed by atoms with van der Waals surface area (Å²) < 4.78 is 2.16. The number of hydrogen-bond donors (Lipinski definition) is 2. The number of carbonyl (C=O) groups excluding carboxylic acids is 4. The number of fused-ring (bicyclic) bond motifs is 1. The van der Waals surface area contributed by atoms with E-state index in [9.17, 15) is 19.2 Å². The summed E-state index contributed by atoms with van der Waals surface area (Å²) in [4.78, 5) is 55.9. The van der Waals surface area contributed by atoms with E-state index < -0.39 is 23.8 Å². The van der Waals surface area contributed by atoms with Crippen LogP contribution in [0, 0.1) is 5.92 Å². The summed E-state index contributed by atoms with van der Waals surface area (Å²) in [6, 6.07) is 10.9. The Morgan fingerprint density at radius 2 is 1.67 bits per heavy atom. The van der Waals surface area contributed by atoms with Crippen LogP contribution in [0.4, 0.5) is 5.69 Å². The van der Waals surface area contributed by atoms with Crippen LogP contribution in [0.5, 0.6) is 0 Å². The minimum atomic E-state index is -0.959. The van der Waals surface area contributed by atoms with Crippen LogP contribution in [0.2, 0.25) is 0 Å². The highest BCUT2D eigenvalue weighted by Gasteiger charge is 2.44. The Labute approximate surface area is 242 Å². The lowest BCUT2D eigenvalue weighted by Gasteiger charge is -2.35. The number of nitrogens with zero attached hydrogens (tertiary/aromatic N) is 4. The van der Waals surface area contributed by atoms with Crippen molar-refractivity contribution in [1.82, 2.24) is 25.0 Å². The molecule has 42 heavy (non-hydrogen) atoms. The average Bonchev–Trinajstić information content (AvgIpc) is 3.90. The zero-order chi connectivity index (χ0) is 28.5. The van der Waals surface area contributed by atoms with Crippen molar-refractivity contribution in [3.63, 3.8) is 0 Å².